The van der Waals surface area contributed by atoms with Gasteiger partial charge in [-0.1, -0.05) is 29.1 Å². The number of nitrogens with zero attached hydrogens (tertiary/aromatic N) is 6. The van der Waals surface area contributed by atoms with Crippen LogP contribution >= 0.6 is 23.5 Å². The van der Waals surface area contributed by atoms with Crippen molar-refractivity contribution in [3.63, 3.8) is 0 Å². The summed E-state index contributed by atoms with van der Waals surface area (Å²) >= 11 is 2.55. The van der Waals surface area contributed by atoms with Crippen molar-refractivity contribution in [3.05, 3.63) is 46.0 Å². The highest BCUT2D eigenvalue weighted by Gasteiger charge is 2.55. The molecule has 4 rings (SSSR count). The first kappa shape index (κ1) is 30.0. The molecule has 1 aromatic carbocycles. The zero-order valence-electron chi connectivity index (χ0n) is 22.5. The second kappa shape index (κ2) is 12.3. The molecule has 1 fully saturated rings. The molecule has 218 valence electrons. The fraction of sp³-hybridized carbons (Fsp3) is 0.458. The number of β-lactam (4-membered cyclic amide) rings is 1. The minimum absolute atomic E-state index is 0.0308. The minimum Gasteiger partial charge on any atom is -0.508 e. The number of fused-ring (bicyclic) bond motifs is 1. The maximum atomic E-state index is 13.3. The zero-order valence-corrected chi connectivity index (χ0v) is 24.1. The lowest BCUT2D eigenvalue weighted by Crippen LogP contribution is -2.71. The van der Waals surface area contributed by atoms with Gasteiger partial charge >= 0.3 is 11.9 Å². The molecule has 2 aliphatic rings. The Morgan fingerprint density at radius 1 is 1.29 bits per heavy atom. The van der Waals surface area contributed by atoms with Gasteiger partial charge < -0.3 is 19.9 Å². The number of rotatable bonds is 10. The van der Waals surface area contributed by atoms with Gasteiger partial charge in [-0.25, -0.2) is 9.48 Å². The van der Waals surface area contributed by atoms with Gasteiger partial charge in [-0.15, -0.1) is 21.8 Å². The van der Waals surface area contributed by atoms with Crippen molar-refractivity contribution < 1.29 is 33.8 Å². The van der Waals surface area contributed by atoms with Gasteiger partial charge in [-0.05, 0) is 54.5 Å². The number of phenols is 1. The van der Waals surface area contributed by atoms with Gasteiger partial charge in [0.15, 0.2) is 6.04 Å². The average Bonchev–Trinajstić information content (AvgIpc) is 3.34. The largest absolute Gasteiger partial charge is 0.508 e. The standard InChI is InChI=1S/C24H27N7O8S2/c1-24(2,3)22(36)39-11-38-21(35)17-13(10-41-23-26-28-29-30(23)4)9-40-20-16(19(34)31(17)20)25-18(33)15(27-37)12-6-5-7-14(32)8-12/h5-8,15-16,20,32H,9-11H2,1-4H3,(H,25,33)/t15?,16?,20-/m0/s1. The van der Waals surface area contributed by atoms with Crippen molar-refractivity contribution in [1.29, 1.82) is 0 Å². The van der Waals surface area contributed by atoms with E-state index < -0.39 is 53.4 Å². The third-order valence-electron chi connectivity index (χ3n) is 6.03. The molecule has 0 saturated carbocycles. The Morgan fingerprint density at radius 2 is 2.05 bits per heavy atom. The Morgan fingerprint density at radius 3 is 2.68 bits per heavy atom. The molecule has 2 amide bonds. The van der Waals surface area contributed by atoms with Crippen LogP contribution < -0.4 is 5.32 Å². The number of hydrogen-bond acceptors (Lipinski definition) is 14. The molecule has 3 atom stereocenters. The number of ether oxygens (including phenoxy) is 2. The Bertz CT molecular complexity index is 1410. The van der Waals surface area contributed by atoms with Crippen LogP contribution in [0, 0.1) is 10.3 Å². The number of aromatic nitrogens is 4. The molecule has 41 heavy (non-hydrogen) atoms. The molecular weight excluding hydrogens is 578 g/mol. The Balaban J connectivity index is 1.51. The minimum atomic E-state index is -1.50. The van der Waals surface area contributed by atoms with E-state index in [1.165, 1.54) is 57.4 Å². The van der Waals surface area contributed by atoms with Crippen molar-refractivity contribution in [1.82, 2.24) is 30.4 Å². The van der Waals surface area contributed by atoms with Crippen LogP contribution in [0.15, 0.2) is 45.9 Å². The van der Waals surface area contributed by atoms with Crippen LogP contribution in [0.2, 0.25) is 0 Å². The monoisotopic (exact) mass is 605 g/mol. The third kappa shape index (κ3) is 6.51. The van der Waals surface area contributed by atoms with Crippen molar-refractivity contribution in [2.45, 2.75) is 43.4 Å². The smallest absolute Gasteiger partial charge is 0.357 e. The molecule has 0 bridgehead atoms. The highest BCUT2D eigenvalue weighted by atomic mass is 32.2. The number of phenolic OH excluding ortho intramolecular Hbond substituents is 1. The molecule has 1 aromatic heterocycles. The third-order valence-corrected chi connectivity index (χ3v) is 8.46. The first-order valence-corrected chi connectivity index (χ1v) is 14.2. The van der Waals surface area contributed by atoms with Crippen LogP contribution in [0.4, 0.5) is 0 Å². The predicted octanol–water partition coefficient (Wildman–Crippen LogP) is 1.26. The molecule has 0 radical (unpaired) electrons. The first-order chi connectivity index (χ1) is 19.4. The maximum Gasteiger partial charge on any atom is 0.357 e. The molecule has 0 aliphatic carbocycles. The lowest BCUT2D eigenvalue weighted by atomic mass is 9.98. The summed E-state index contributed by atoms with van der Waals surface area (Å²) in [7, 11) is 1.66. The molecule has 1 saturated heterocycles. The van der Waals surface area contributed by atoms with Gasteiger partial charge in [0.25, 0.3) is 11.8 Å². The molecule has 2 N–H and O–H groups in total. The summed E-state index contributed by atoms with van der Waals surface area (Å²) in [5.41, 5.74) is -0.132. The van der Waals surface area contributed by atoms with Gasteiger partial charge in [-0.2, -0.15) is 0 Å². The maximum absolute atomic E-state index is 13.3. The number of amides is 2. The summed E-state index contributed by atoms with van der Waals surface area (Å²) in [6.45, 7) is 4.30. The van der Waals surface area contributed by atoms with E-state index in [1.807, 2.05) is 0 Å². The number of hydrogen-bond donors (Lipinski definition) is 2. The molecule has 2 unspecified atom stereocenters. The SMILES string of the molecule is Cn1nnnc1SCC1=C(C(=O)OCOC(=O)C(C)(C)C)N2C(=O)C(NC(=O)C(N=O)c3cccc(O)c3)[C@@H]2SC1. The van der Waals surface area contributed by atoms with Crippen LogP contribution in [0.3, 0.4) is 0 Å². The topological polar surface area (TPSA) is 195 Å². The highest BCUT2D eigenvalue weighted by Crippen LogP contribution is 2.42. The summed E-state index contributed by atoms with van der Waals surface area (Å²) < 4.78 is 11.7. The van der Waals surface area contributed by atoms with Crippen LogP contribution in [0.25, 0.3) is 0 Å². The number of aromatic hydroxyl groups is 1. The van der Waals surface area contributed by atoms with E-state index in [0.717, 1.165) is 0 Å². The second-order valence-electron chi connectivity index (χ2n) is 10.1. The number of benzene rings is 1. The number of thioether (sulfide) groups is 2. The van der Waals surface area contributed by atoms with Gasteiger partial charge in [0, 0.05) is 18.6 Å². The Labute approximate surface area is 242 Å². The molecule has 2 aromatic rings. The quantitative estimate of drug-likeness (QED) is 0.129. The van der Waals surface area contributed by atoms with E-state index in [1.54, 1.807) is 27.8 Å². The van der Waals surface area contributed by atoms with Crippen molar-refractivity contribution in [3.8, 4) is 5.75 Å². The second-order valence-corrected chi connectivity index (χ2v) is 12.1. The fourth-order valence-electron chi connectivity index (χ4n) is 3.89. The summed E-state index contributed by atoms with van der Waals surface area (Å²) in [4.78, 5) is 64.2. The number of nitrogens with one attached hydrogen (secondary N) is 1. The summed E-state index contributed by atoms with van der Waals surface area (Å²) in [5.74, 6) is -2.49. The molecule has 0 spiro atoms. The van der Waals surface area contributed by atoms with Crippen molar-refractivity contribution in [2.75, 3.05) is 18.3 Å². The fourth-order valence-corrected chi connectivity index (χ4v) is 6.22. The molecule has 3 heterocycles. The summed E-state index contributed by atoms with van der Waals surface area (Å²) in [6, 6.07) is 2.98. The van der Waals surface area contributed by atoms with E-state index in [9.17, 15) is 29.2 Å². The van der Waals surface area contributed by atoms with Crippen molar-refractivity contribution >= 4 is 47.3 Å². The Hall–Kier alpha value is -3.99. The number of aryl methyl sites for hydroxylation is 1. The number of carbonyl (C=O) groups excluding carboxylic acids is 4. The molecule has 17 heteroatoms. The molecule has 15 nitrogen and oxygen atoms in total. The number of esters is 2. The van der Waals surface area contributed by atoms with E-state index in [0.29, 0.717) is 16.5 Å². The molecule has 2 aliphatic heterocycles. The van der Waals surface area contributed by atoms with Gasteiger partial charge in [-0.3, -0.25) is 19.3 Å². The van der Waals surface area contributed by atoms with Gasteiger partial charge in [0.1, 0.15) is 22.9 Å². The number of nitroso groups, excluding NO2 is 1. The average molecular weight is 606 g/mol. The van der Waals surface area contributed by atoms with Crippen LogP contribution in [0.5, 0.6) is 5.75 Å². The number of tetrazole rings is 1. The lowest BCUT2D eigenvalue weighted by molar-refractivity contribution is -0.173. The van der Waals surface area contributed by atoms with Crippen LogP contribution in [-0.2, 0) is 35.7 Å². The van der Waals surface area contributed by atoms with E-state index in [4.69, 9.17) is 9.47 Å². The van der Waals surface area contributed by atoms with Crippen LogP contribution in [0.1, 0.15) is 32.4 Å². The molecular formula is C24H27N7O8S2. The summed E-state index contributed by atoms with van der Waals surface area (Å²) in [5, 5.41) is 26.2. The van der Waals surface area contributed by atoms with Crippen LogP contribution in [-0.4, -0.2) is 83.7 Å². The van der Waals surface area contributed by atoms with E-state index in [2.05, 4.69) is 26.0 Å². The van der Waals surface area contributed by atoms with E-state index >= 15 is 0 Å². The highest BCUT2D eigenvalue weighted by molar-refractivity contribution is 8.01. The summed E-state index contributed by atoms with van der Waals surface area (Å²) in [6.07, 6.45) is 0. The zero-order chi connectivity index (χ0) is 29.9. The normalized spacial score (nSPS) is 19.1. The van der Waals surface area contributed by atoms with Crippen molar-refractivity contribution in [2.24, 2.45) is 17.6 Å². The van der Waals surface area contributed by atoms with Gasteiger partial charge in [0.2, 0.25) is 11.9 Å². The van der Waals surface area contributed by atoms with Gasteiger partial charge in [0.05, 0.1) is 5.41 Å². The van der Waals surface area contributed by atoms with E-state index in [-0.39, 0.29) is 22.8 Å². The lowest BCUT2D eigenvalue weighted by Gasteiger charge is -2.49. The first-order valence-electron chi connectivity index (χ1n) is 12.2. The predicted molar refractivity (Wildman–Crippen MR) is 145 cm³/mol. The Kier molecular flexibility index (Phi) is 8.96. The number of carbonyl (C=O) groups is 4.